The molecule has 4 N–H and O–H groups in total. The van der Waals surface area contributed by atoms with Crippen molar-refractivity contribution in [2.24, 2.45) is 11.7 Å². The van der Waals surface area contributed by atoms with Crippen molar-refractivity contribution >= 4 is 45.9 Å². The number of methoxy groups -OCH3 is 1. The number of fused-ring (bicyclic) bond motifs is 1. The van der Waals surface area contributed by atoms with Crippen LogP contribution in [0.1, 0.15) is 60.3 Å². The lowest BCUT2D eigenvalue weighted by Crippen LogP contribution is -2.43. The Bertz CT molecular complexity index is 1750. The Hall–Kier alpha value is -3.86. The lowest BCUT2D eigenvalue weighted by Gasteiger charge is -2.30. The van der Waals surface area contributed by atoms with E-state index in [1.54, 1.807) is 43.5 Å². The van der Waals surface area contributed by atoms with Crippen molar-refractivity contribution < 1.29 is 24.2 Å². The number of amides is 2. The second kappa shape index (κ2) is 11.9. The van der Waals surface area contributed by atoms with Crippen molar-refractivity contribution in [2.45, 2.75) is 50.7 Å². The van der Waals surface area contributed by atoms with Crippen LogP contribution in [-0.4, -0.2) is 51.9 Å². The van der Waals surface area contributed by atoms with E-state index in [0.717, 1.165) is 31.1 Å². The van der Waals surface area contributed by atoms with Gasteiger partial charge in [-0.3, -0.25) is 14.3 Å². The fraction of sp³-hybridized carbons (Fsp3) is 0.375. The zero-order chi connectivity index (χ0) is 31.2. The molecule has 2 aliphatic carbocycles. The first-order valence-electron chi connectivity index (χ1n) is 14.6. The van der Waals surface area contributed by atoms with E-state index < -0.39 is 11.5 Å². The summed E-state index contributed by atoms with van der Waals surface area (Å²) in [5, 5.41) is 21.3. The molecular weight excluding hydrogens is 605 g/mol. The third kappa shape index (κ3) is 6.06. The first-order valence-corrected chi connectivity index (χ1v) is 15.3. The number of benzene rings is 2. The number of nitrogens with one attached hydrogen (secondary N) is 1. The van der Waals surface area contributed by atoms with Gasteiger partial charge in [-0.25, -0.2) is 4.98 Å². The van der Waals surface area contributed by atoms with Gasteiger partial charge in [0, 0.05) is 38.3 Å². The summed E-state index contributed by atoms with van der Waals surface area (Å²) in [6, 6.07) is 10.4. The third-order valence-corrected chi connectivity index (χ3v) is 8.48. The van der Waals surface area contributed by atoms with Gasteiger partial charge in [-0.1, -0.05) is 23.2 Å². The predicted octanol–water partition coefficient (Wildman–Crippen LogP) is 5.20. The predicted molar refractivity (Wildman–Crippen MR) is 167 cm³/mol. The number of primary amides is 1. The van der Waals surface area contributed by atoms with Gasteiger partial charge in [-0.15, -0.1) is 0 Å². The topological polar surface area (TPSA) is 142 Å². The number of aliphatic hydroxyl groups is 1. The smallest absolute Gasteiger partial charge is 0.251 e. The second-order valence-corrected chi connectivity index (χ2v) is 12.3. The summed E-state index contributed by atoms with van der Waals surface area (Å²) in [6.07, 6.45) is 5.43. The molecule has 0 aliphatic heterocycles. The highest BCUT2D eigenvalue weighted by molar-refractivity contribution is 6.35. The number of hydrogen-bond acceptors (Lipinski definition) is 7. The highest BCUT2D eigenvalue weighted by atomic mass is 35.5. The van der Waals surface area contributed by atoms with Crippen LogP contribution in [0.3, 0.4) is 0 Å². The minimum atomic E-state index is -1.55. The Morgan fingerprint density at radius 2 is 1.84 bits per heavy atom. The minimum Gasteiger partial charge on any atom is -0.494 e. The summed E-state index contributed by atoms with van der Waals surface area (Å²) >= 11 is 12.7. The normalized spacial score (nSPS) is 16.0. The maximum Gasteiger partial charge on any atom is 0.251 e. The standard InChI is InChI=1S/C32H33Cl2N5O5/c1-3-44-30-18(13-27(35)40)12-26(37-29(30)17-9-22(33)14-23(34)10-17)32(42,21-4-5-21)16-36-31(41)19-8-20-15-39(24-6-7-24)38-28(20)25(11-19)43-2/h8-12,14-15,21,24,42H,3-7,13,16H2,1-2H3,(H2,35,40)(H,36,41)/t32-/m1/s1. The highest BCUT2D eigenvalue weighted by Crippen LogP contribution is 2.47. The van der Waals surface area contributed by atoms with Crippen molar-refractivity contribution in [1.29, 1.82) is 0 Å². The van der Waals surface area contributed by atoms with Gasteiger partial charge in [0.25, 0.3) is 5.91 Å². The zero-order valence-electron chi connectivity index (χ0n) is 24.4. The van der Waals surface area contributed by atoms with Crippen LogP contribution in [0.15, 0.2) is 42.6 Å². The molecule has 0 unspecified atom stereocenters. The van der Waals surface area contributed by atoms with E-state index in [1.807, 2.05) is 17.8 Å². The first-order chi connectivity index (χ1) is 21.1. The molecule has 12 heteroatoms. The van der Waals surface area contributed by atoms with Crippen molar-refractivity contribution in [2.75, 3.05) is 20.3 Å². The van der Waals surface area contributed by atoms with Gasteiger partial charge in [0.05, 0.1) is 38.4 Å². The molecule has 0 bridgehead atoms. The molecule has 2 saturated carbocycles. The van der Waals surface area contributed by atoms with Gasteiger partial charge in [-0.2, -0.15) is 5.10 Å². The number of halogens is 2. The largest absolute Gasteiger partial charge is 0.494 e. The molecule has 1 atom stereocenters. The van der Waals surface area contributed by atoms with Crippen LogP contribution in [0, 0.1) is 5.92 Å². The lowest BCUT2D eigenvalue weighted by atomic mass is 9.90. The highest BCUT2D eigenvalue weighted by Gasteiger charge is 2.47. The van der Waals surface area contributed by atoms with Gasteiger partial charge in [0.1, 0.15) is 28.3 Å². The van der Waals surface area contributed by atoms with Crippen LogP contribution in [0.25, 0.3) is 22.2 Å². The van der Waals surface area contributed by atoms with E-state index in [4.69, 9.17) is 43.4 Å². The number of nitrogens with zero attached hydrogens (tertiary/aromatic N) is 3. The van der Waals surface area contributed by atoms with Crippen molar-refractivity contribution in [3.8, 4) is 22.8 Å². The summed E-state index contributed by atoms with van der Waals surface area (Å²) in [5.74, 6) is -0.273. The number of carbonyl (C=O) groups excluding carboxylic acids is 2. The maximum absolute atomic E-state index is 13.5. The van der Waals surface area contributed by atoms with Crippen molar-refractivity contribution in [1.82, 2.24) is 20.1 Å². The number of pyridine rings is 1. The number of ether oxygens (including phenoxy) is 2. The van der Waals surface area contributed by atoms with Gasteiger partial charge in [-0.05, 0) is 74.9 Å². The molecular formula is C32H33Cl2N5O5. The molecule has 2 aromatic heterocycles. The lowest BCUT2D eigenvalue weighted by molar-refractivity contribution is -0.117. The zero-order valence-corrected chi connectivity index (χ0v) is 25.9. The Balaban J connectivity index is 1.37. The molecule has 6 rings (SSSR count). The van der Waals surface area contributed by atoms with Crippen molar-refractivity contribution in [3.63, 3.8) is 0 Å². The van der Waals surface area contributed by atoms with E-state index in [9.17, 15) is 14.7 Å². The minimum absolute atomic E-state index is 0.120. The van der Waals surface area contributed by atoms with Crippen LogP contribution in [-0.2, 0) is 16.8 Å². The summed E-state index contributed by atoms with van der Waals surface area (Å²) in [4.78, 5) is 30.5. The molecule has 44 heavy (non-hydrogen) atoms. The molecule has 0 spiro atoms. The number of aromatic nitrogens is 3. The molecule has 0 radical (unpaired) electrons. The summed E-state index contributed by atoms with van der Waals surface area (Å²) in [6.45, 7) is 1.99. The molecule has 2 aliphatic rings. The van der Waals surface area contributed by atoms with E-state index in [-0.39, 0.29) is 30.5 Å². The monoisotopic (exact) mass is 637 g/mol. The fourth-order valence-electron chi connectivity index (χ4n) is 5.58. The molecule has 2 aromatic carbocycles. The second-order valence-electron chi connectivity index (χ2n) is 11.4. The number of hydrogen-bond donors (Lipinski definition) is 3. The van der Waals surface area contributed by atoms with Crippen LogP contribution >= 0.6 is 23.2 Å². The number of rotatable bonds is 12. The Labute approximate surface area is 264 Å². The van der Waals surface area contributed by atoms with Crippen LogP contribution < -0.4 is 20.5 Å². The molecule has 2 amide bonds. The van der Waals surface area contributed by atoms with E-state index in [1.165, 1.54) is 0 Å². The quantitative estimate of drug-likeness (QED) is 0.194. The average Bonchev–Trinajstić information content (AvgIpc) is 3.92. The van der Waals surface area contributed by atoms with Crippen LogP contribution in [0.5, 0.6) is 11.5 Å². The molecule has 2 fully saturated rings. The number of nitrogens with two attached hydrogens (primary N) is 1. The summed E-state index contributed by atoms with van der Waals surface area (Å²) < 4.78 is 13.4. The van der Waals surface area contributed by atoms with Crippen LogP contribution in [0.2, 0.25) is 10.0 Å². The molecule has 230 valence electrons. The van der Waals surface area contributed by atoms with E-state index in [0.29, 0.717) is 62.1 Å². The van der Waals surface area contributed by atoms with Crippen molar-refractivity contribution in [3.05, 3.63) is 69.5 Å². The summed E-state index contributed by atoms with van der Waals surface area (Å²) in [5.41, 5.74) is 6.79. The average molecular weight is 639 g/mol. The van der Waals surface area contributed by atoms with Gasteiger partial charge < -0.3 is 25.6 Å². The van der Waals surface area contributed by atoms with Gasteiger partial charge >= 0.3 is 0 Å². The fourth-order valence-corrected chi connectivity index (χ4v) is 6.10. The van der Waals surface area contributed by atoms with Crippen LogP contribution in [0.4, 0.5) is 0 Å². The molecule has 10 nitrogen and oxygen atoms in total. The molecule has 4 aromatic rings. The number of carbonyl (C=O) groups is 2. The third-order valence-electron chi connectivity index (χ3n) is 8.05. The van der Waals surface area contributed by atoms with E-state index in [2.05, 4.69) is 10.4 Å². The van der Waals surface area contributed by atoms with Gasteiger partial charge in [0.15, 0.2) is 0 Å². The molecule has 2 heterocycles. The Morgan fingerprint density at radius 1 is 1.11 bits per heavy atom. The van der Waals surface area contributed by atoms with Gasteiger partial charge in [0.2, 0.25) is 5.91 Å². The molecule has 0 saturated heterocycles. The summed E-state index contributed by atoms with van der Waals surface area (Å²) in [7, 11) is 1.55. The van der Waals surface area contributed by atoms with E-state index >= 15 is 0 Å². The maximum atomic E-state index is 13.5. The SMILES string of the molecule is CCOc1c(CC(N)=O)cc([C@@](O)(CNC(=O)c2cc(OC)c3nn(C4CC4)cc3c2)C2CC2)nc1-c1cc(Cl)cc(Cl)c1. The Morgan fingerprint density at radius 3 is 2.45 bits per heavy atom. The Kier molecular flexibility index (Phi) is 8.17. The first kappa shape index (κ1) is 30.2.